The third kappa shape index (κ3) is 5.75. The van der Waals surface area contributed by atoms with Gasteiger partial charge >= 0.3 is 5.97 Å². The molecular formula is C21H27Cl2NO4S. The van der Waals surface area contributed by atoms with Crippen molar-refractivity contribution in [2.45, 2.75) is 49.8 Å². The Balaban J connectivity index is 1.66. The molecular weight excluding hydrogens is 433 g/mol. The number of carboxylic acid groups (broad SMARTS) is 1. The largest absolute Gasteiger partial charge is 0.481 e. The van der Waals surface area contributed by atoms with E-state index >= 15 is 0 Å². The average Bonchev–Trinajstić information content (AvgIpc) is 2.67. The first-order valence-electron chi connectivity index (χ1n) is 10.1. The van der Waals surface area contributed by atoms with Crippen molar-refractivity contribution < 1.29 is 18.3 Å². The summed E-state index contributed by atoms with van der Waals surface area (Å²) in [5.74, 6) is 0.888. The minimum Gasteiger partial charge on any atom is -0.481 e. The second kappa shape index (κ2) is 9.82. The summed E-state index contributed by atoms with van der Waals surface area (Å²) in [7, 11) is -3.72. The second-order valence-electron chi connectivity index (χ2n) is 8.06. The quantitative estimate of drug-likeness (QED) is 0.395. The number of sulfonamides is 1. The maximum absolute atomic E-state index is 12.8. The zero-order valence-electron chi connectivity index (χ0n) is 16.2. The minimum absolute atomic E-state index is 0.0466. The number of carbonyl (C=O) groups is 1. The summed E-state index contributed by atoms with van der Waals surface area (Å²) in [4.78, 5) is 10.7. The third-order valence-corrected chi connectivity index (χ3v) is 8.41. The van der Waals surface area contributed by atoms with Gasteiger partial charge in [-0.05, 0) is 80.4 Å². The van der Waals surface area contributed by atoms with E-state index in [0.717, 1.165) is 19.3 Å². The van der Waals surface area contributed by atoms with Crippen molar-refractivity contribution >= 4 is 39.2 Å². The predicted molar refractivity (Wildman–Crippen MR) is 115 cm³/mol. The Bertz CT molecular complexity index is 863. The van der Waals surface area contributed by atoms with Crippen LogP contribution in [0.4, 0.5) is 0 Å². The maximum atomic E-state index is 12.8. The van der Waals surface area contributed by atoms with Crippen molar-refractivity contribution in [3.8, 4) is 0 Å². The van der Waals surface area contributed by atoms with Crippen molar-refractivity contribution in [1.82, 2.24) is 4.72 Å². The highest BCUT2D eigenvalue weighted by molar-refractivity contribution is 7.89. The number of halogens is 2. The van der Waals surface area contributed by atoms with Gasteiger partial charge in [-0.1, -0.05) is 35.4 Å². The minimum atomic E-state index is -3.72. The smallest absolute Gasteiger partial charge is 0.303 e. The molecule has 29 heavy (non-hydrogen) atoms. The van der Waals surface area contributed by atoms with Crippen molar-refractivity contribution in [3.63, 3.8) is 0 Å². The molecule has 3 fully saturated rings. The number of rotatable bonds is 9. The van der Waals surface area contributed by atoms with Crippen LogP contribution < -0.4 is 4.72 Å². The molecule has 2 unspecified atom stereocenters. The molecule has 3 saturated carbocycles. The van der Waals surface area contributed by atoms with Crippen molar-refractivity contribution in [2.24, 2.45) is 23.7 Å². The normalized spacial score (nSPS) is 26.8. The van der Waals surface area contributed by atoms with E-state index in [0.29, 0.717) is 35.7 Å². The van der Waals surface area contributed by atoms with E-state index in [1.807, 2.05) is 0 Å². The van der Waals surface area contributed by atoms with Crippen LogP contribution in [0.15, 0.2) is 35.2 Å². The van der Waals surface area contributed by atoms with Gasteiger partial charge in [0, 0.05) is 18.0 Å². The van der Waals surface area contributed by atoms with Crippen molar-refractivity contribution in [3.05, 3.63) is 40.4 Å². The molecule has 160 valence electrons. The number of aliphatic carboxylic acids is 1. The van der Waals surface area contributed by atoms with E-state index in [1.54, 1.807) is 0 Å². The van der Waals surface area contributed by atoms with Gasteiger partial charge in [0.15, 0.2) is 0 Å². The van der Waals surface area contributed by atoms with Crippen LogP contribution in [-0.2, 0) is 14.8 Å². The number of unbranched alkanes of at least 4 members (excludes halogenated alkanes) is 1. The summed E-state index contributed by atoms with van der Waals surface area (Å²) in [6, 6.07) is 4.38. The molecule has 1 aromatic rings. The van der Waals surface area contributed by atoms with Crippen LogP contribution in [-0.4, -0.2) is 26.0 Å². The molecule has 5 nitrogen and oxygen atoms in total. The summed E-state index contributed by atoms with van der Waals surface area (Å²) in [6.45, 7) is 0.382. The Morgan fingerprint density at radius 3 is 2.52 bits per heavy atom. The fourth-order valence-electron chi connectivity index (χ4n) is 4.83. The number of nitrogens with one attached hydrogen (secondary N) is 1. The molecule has 3 aliphatic rings. The van der Waals surface area contributed by atoms with Gasteiger partial charge in [-0.3, -0.25) is 4.79 Å². The molecule has 4 rings (SSSR count). The van der Waals surface area contributed by atoms with Crippen LogP contribution in [0.3, 0.4) is 0 Å². The molecule has 3 aliphatic carbocycles. The Kier molecular flexibility index (Phi) is 7.65. The highest BCUT2D eigenvalue weighted by atomic mass is 35.5. The lowest BCUT2D eigenvalue weighted by Gasteiger charge is -2.48. The van der Waals surface area contributed by atoms with Crippen LogP contribution in [0, 0.1) is 23.7 Å². The van der Waals surface area contributed by atoms with Gasteiger partial charge in [-0.25, -0.2) is 13.1 Å². The molecule has 0 spiro atoms. The Hall–Kier alpha value is -1.08. The number of carboxylic acids is 1. The molecule has 0 amide bonds. The van der Waals surface area contributed by atoms with E-state index in [2.05, 4.69) is 16.9 Å². The molecule has 0 saturated heterocycles. The SMILES string of the molecule is O=C(O)CCC/C=C\C1C2CCC(CC2)C1CNS(=O)(=O)c1ccc(Cl)cc1Cl. The molecule has 1 aromatic carbocycles. The van der Waals surface area contributed by atoms with Crippen molar-refractivity contribution in [2.75, 3.05) is 6.54 Å². The third-order valence-electron chi connectivity index (χ3n) is 6.27. The second-order valence-corrected chi connectivity index (χ2v) is 10.6. The van der Waals surface area contributed by atoms with Crippen LogP contribution in [0.5, 0.6) is 0 Å². The number of hydrogen-bond acceptors (Lipinski definition) is 3. The van der Waals surface area contributed by atoms with Gasteiger partial charge in [0.1, 0.15) is 4.90 Å². The standard InChI is InChI=1S/C21H27Cl2NO4S/c22-16-10-11-20(19(23)12-16)29(27,28)24-13-18-15-8-6-14(7-9-15)17(18)4-2-1-3-5-21(25)26/h2,4,10-12,14-15,17-18,24H,1,3,5-9,13H2,(H,25,26)/b4-2-. The Labute approximate surface area is 182 Å². The van der Waals surface area contributed by atoms with Gasteiger partial charge in [-0.15, -0.1) is 0 Å². The zero-order chi connectivity index (χ0) is 21.0. The highest BCUT2D eigenvalue weighted by Gasteiger charge is 2.42. The first-order chi connectivity index (χ1) is 13.8. The molecule has 8 heteroatoms. The summed E-state index contributed by atoms with van der Waals surface area (Å²) < 4.78 is 28.3. The van der Waals surface area contributed by atoms with E-state index in [-0.39, 0.29) is 22.3 Å². The topological polar surface area (TPSA) is 83.5 Å². The van der Waals surface area contributed by atoms with E-state index < -0.39 is 16.0 Å². The number of benzene rings is 1. The molecule has 0 aliphatic heterocycles. The fraction of sp³-hybridized carbons (Fsp3) is 0.571. The number of fused-ring (bicyclic) bond motifs is 3. The summed E-state index contributed by atoms with van der Waals surface area (Å²) in [5, 5.41) is 9.27. The molecule has 2 N–H and O–H groups in total. The van der Waals surface area contributed by atoms with Gasteiger partial charge in [0.25, 0.3) is 0 Å². The lowest BCUT2D eigenvalue weighted by atomic mass is 9.58. The summed E-state index contributed by atoms with van der Waals surface area (Å²) in [6.07, 6.45) is 10.5. The van der Waals surface area contributed by atoms with Crippen LogP contribution in [0.1, 0.15) is 44.9 Å². The number of hydrogen-bond donors (Lipinski definition) is 2. The lowest BCUT2D eigenvalue weighted by Crippen LogP contribution is -2.45. The molecule has 0 aromatic heterocycles. The van der Waals surface area contributed by atoms with Crippen LogP contribution in [0.2, 0.25) is 10.0 Å². The summed E-state index contributed by atoms with van der Waals surface area (Å²) in [5.41, 5.74) is 0. The first-order valence-corrected chi connectivity index (χ1v) is 12.3. The van der Waals surface area contributed by atoms with Gasteiger partial charge in [0.2, 0.25) is 10.0 Å². The Morgan fingerprint density at radius 2 is 1.86 bits per heavy atom. The van der Waals surface area contributed by atoms with Gasteiger partial charge in [0.05, 0.1) is 5.02 Å². The average molecular weight is 460 g/mol. The van der Waals surface area contributed by atoms with Gasteiger partial charge in [-0.2, -0.15) is 0 Å². The molecule has 2 atom stereocenters. The van der Waals surface area contributed by atoms with E-state index in [4.69, 9.17) is 28.3 Å². The molecule has 0 radical (unpaired) electrons. The summed E-state index contributed by atoms with van der Waals surface area (Å²) >= 11 is 12.0. The zero-order valence-corrected chi connectivity index (χ0v) is 18.5. The first kappa shape index (κ1) is 22.6. The number of allylic oxidation sites excluding steroid dienone is 2. The van der Waals surface area contributed by atoms with E-state index in [1.165, 1.54) is 31.0 Å². The lowest BCUT2D eigenvalue weighted by molar-refractivity contribution is -0.137. The van der Waals surface area contributed by atoms with Gasteiger partial charge < -0.3 is 5.11 Å². The molecule has 0 heterocycles. The monoisotopic (exact) mass is 459 g/mol. The predicted octanol–water partition coefficient (Wildman–Crippen LogP) is 5.14. The van der Waals surface area contributed by atoms with E-state index in [9.17, 15) is 13.2 Å². The fourth-order valence-corrected chi connectivity index (χ4v) is 6.67. The van der Waals surface area contributed by atoms with Crippen LogP contribution in [0.25, 0.3) is 0 Å². The van der Waals surface area contributed by atoms with Crippen molar-refractivity contribution in [1.29, 1.82) is 0 Å². The van der Waals surface area contributed by atoms with Crippen LogP contribution >= 0.6 is 23.2 Å². The Morgan fingerprint density at radius 1 is 1.17 bits per heavy atom. The maximum Gasteiger partial charge on any atom is 0.303 e. The molecule has 2 bridgehead atoms. The highest BCUT2D eigenvalue weighted by Crippen LogP contribution is 2.49.